The molecule has 8 heteroatoms. The van der Waals surface area contributed by atoms with E-state index in [2.05, 4.69) is 10.2 Å². The number of hydrogen-bond acceptors (Lipinski definition) is 5. The van der Waals surface area contributed by atoms with Crippen molar-refractivity contribution in [3.8, 4) is 0 Å². The molecule has 2 heterocycles. The smallest absolute Gasteiger partial charge is 0.255 e. The van der Waals surface area contributed by atoms with Crippen molar-refractivity contribution < 1.29 is 14.3 Å². The molecule has 0 spiro atoms. The number of hydrogen-bond donors (Lipinski definition) is 1. The third-order valence-corrected chi connectivity index (χ3v) is 7.28. The first-order valence-electron chi connectivity index (χ1n) is 11.0. The van der Waals surface area contributed by atoms with Gasteiger partial charge in [0.2, 0.25) is 5.91 Å². The van der Waals surface area contributed by atoms with Crippen LogP contribution in [0, 0.1) is 0 Å². The molecule has 4 rings (SSSR count). The van der Waals surface area contributed by atoms with Crippen LogP contribution in [0.4, 0.5) is 5.69 Å². The minimum Gasteiger partial charge on any atom is -0.377 e. The number of carbonyl (C=O) groups excluding carboxylic acids is 2. The molecule has 0 bridgehead atoms. The van der Waals surface area contributed by atoms with E-state index in [1.165, 1.54) is 0 Å². The highest BCUT2D eigenvalue weighted by atomic mass is 35.5. The van der Waals surface area contributed by atoms with Gasteiger partial charge in [-0.15, -0.1) is 11.8 Å². The molecule has 0 unspecified atom stereocenters. The summed E-state index contributed by atoms with van der Waals surface area (Å²) in [5.74, 6) is 0.827. The summed E-state index contributed by atoms with van der Waals surface area (Å²) in [4.78, 5) is 30.5. The molecule has 0 saturated carbocycles. The highest BCUT2D eigenvalue weighted by Gasteiger charge is 2.25. The molecule has 2 saturated heterocycles. The summed E-state index contributed by atoms with van der Waals surface area (Å²) in [5.41, 5.74) is 1.37. The van der Waals surface area contributed by atoms with E-state index in [1.54, 1.807) is 23.9 Å². The lowest BCUT2D eigenvalue weighted by Crippen LogP contribution is -2.50. The molecule has 2 aliphatic rings. The topological polar surface area (TPSA) is 61.9 Å². The Morgan fingerprint density at radius 2 is 1.81 bits per heavy atom. The van der Waals surface area contributed by atoms with E-state index in [-0.39, 0.29) is 24.5 Å². The lowest BCUT2D eigenvalue weighted by Gasteiger charge is -2.34. The number of para-hydroxylation sites is 1. The number of thioether (sulfide) groups is 1. The number of nitrogens with one attached hydrogen (secondary N) is 1. The first-order valence-corrected chi connectivity index (χ1v) is 12.4. The van der Waals surface area contributed by atoms with Crippen LogP contribution in [0.3, 0.4) is 0 Å². The maximum Gasteiger partial charge on any atom is 0.255 e. The Kier molecular flexibility index (Phi) is 8.08. The minimum atomic E-state index is -0.103. The highest BCUT2D eigenvalue weighted by molar-refractivity contribution is 7.99. The van der Waals surface area contributed by atoms with E-state index >= 15 is 0 Å². The number of anilines is 1. The predicted octanol–water partition coefficient (Wildman–Crippen LogP) is 4.01. The van der Waals surface area contributed by atoms with Crippen molar-refractivity contribution in [2.24, 2.45) is 0 Å². The van der Waals surface area contributed by atoms with E-state index in [0.29, 0.717) is 36.9 Å². The van der Waals surface area contributed by atoms with E-state index in [4.69, 9.17) is 16.3 Å². The number of benzene rings is 2. The van der Waals surface area contributed by atoms with E-state index in [9.17, 15) is 9.59 Å². The van der Waals surface area contributed by atoms with Crippen LogP contribution in [-0.4, -0.2) is 72.8 Å². The average molecular weight is 474 g/mol. The monoisotopic (exact) mass is 473 g/mol. The number of rotatable bonds is 7. The average Bonchev–Trinajstić information content (AvgIpc) is 3.33. The van der Waals surface area contributed by atoms with Gasteiger partial charge in [0.15, 0.2) is 0 Å². The Bertz CT molecular complexity index is 944. The summed E-state index contributed by atoms with van der Waals surface area (Å²) in [6.45, 7) is 3.64. The van der Waals surface area contributed by atoms with Crippen molar-refractivity contribution in [2.75, 3.05) is 50.4 Å². The molecule has 2 fully saturated rings. The summed E-state index contributed by atoms with van der Waals surface area (Å²) >= 11 is 7.82. The molecule has 1 atom stereocenters. The van der Waals surface area contributed by atoms with Gasteiger partial charge in [0, 0.05) is 43.4 Å². The van der Waals surface area contributed by atoms with E-state index < -0.39 is 0 Å². The number of halogens is 1. The normalized spacial score (nSPS) is 19.2. The molecule has 2 aromatic carbocycles. The second kappa shape index (κ2) is 11.2. The van der Waals surface area contributed by atoms with Crippen molar-refractivity contribution in [1.29, 1.82) is 0 Å². The van der Waals surface area contributed by atoms with Crippen LogP contribution >= 0.6 is 23.4 Å². The molecule has 2 amide bonds. The fraction of sp³-hybridized carbons (Fsp3) is 0.417. The zero-order valence-corrected chi connectivity index (χ0v) is 19.5. The lowest BCUT2D eigenvalue weighted by molar-refractivity contribution is -0.117. The van der Waals surface area contributed by atoms with Crippen molar-refractivity contribution >= 4 is 40.9 Å². The molecule has 32 heavy (non-hydrogen) atoms. The maximum atomic E-state index is 13.2. The zero-order chi connectivity index (χ0) is 22.3. The van der Waals surface area contributed by atoms with Crippen LogP contribution in [0.15, 0.2) is 53.4 Å². The third-order valence-electron chi connectivity index (χ3n) is 5.74. The van der Waals surface area contributed by atoms with Gasteiger partial charge in [-0.05, 0) is 37.1 Å². The SMILES string of the molecule is O=C(CN1CCN(C(=O)c2ccccc2SC[C@H]2CCCO2)CC1)Nc1ccccc1Cl. The number of carbonyl (C=O) groups is 2. The maximum absolute atomic E-state index is 13.2. The fourth-order valence-electron chi connectivity index (χ4n) is 3.96. The largest absolute Gasteiger partial charge is 0.377 e. The van der Waals surface area contributed by atoms with Crippen LogP contribution < -0.4 is 5.32 Å². The summed E-state index contributed by atoms with van der Waals surface area (Å²) in [6.07, 6.45) is 2.49. The van der Waals surface area contributed by atoms with Crippen molar-refractivity contribution in [3.63, 3.8) is 0 Å². The molecule has 6 nitrogen and oxygen atoms in total. The summed E-state index contributed by atoms with van der Waals surface area (Å²) in [6, 6.07) is 15.0. The number of nitrogens with zero attached hydrogens (tertiary/aromatic N) is 2. The second-order valence-electron chi connectivity index (χ2n) is 8.04. The quantitative estimate of drug-likeness (QED) is 0.616. The van der Waals surface area contributed by atoms with Gasteiger partial charge in [-0.25, -0.2) is 0 Å². The Balaban J connectivity index is 1.28. The molecular formula is C24H28ClN3O3S. The first-order chi connectivity index (χ1) is 15.6. The Morgan fingerprint density at radius 1 is 1.06 bits per heavy atom. The highest BCUT2D eigenvalue weighted by Crippen LogP contribution is 2.28. The van der Waals surface area contributed by atoms with Gasteiger partial charge >= 0.3 is 0 Å². The van der Waals surface area contributed by atoms with Gasteiger partial charge in [0.1, 0.15) is 0 Å². The van der Waals surface area contributed by atoms with Gasteiger partial charge in [-0.1, -0.05) is 35.9 Å². The van der Waals surface area contributed by atoms with Crippen LogP contribution in [0.1, 0.15) is 23.2 Å². The van der Waals surface area contributed by atoms with E-state index in [0.717, 1.165) is 35.7 Å². The van der Waals surface area contributed by atoms with Gasteiger partial charge in [0.25, 0.3) is 5.91 Å². The standard InChI is InChI=1S/C24H28ClN3O3S/c25-20-8-2-3-9-21(20)26-23(29)16-27-11-13-28(14-12-27)24(30)19-7-1-4-10-22(19)32-17-18-6-5-15-31-18/h1-4,7-10,18H,5-6,11-17H2,(H,26,29)/t18-/m1/s1. The van der Waals surface area contributed by atoms with Crippen molar-refractivity contribution in [1.82, 2.24) is 9.80 Å². The first kappa shape index (κ1) is 23.1. The third kappa shape index (κ3) is 6.04. The summed E-state index contributed by atoms with van der Waals surface area (Å²) in [5, 5.41) is 3.38. The van der Waals surface area contributed by atoms with Crippen LogP contribution in [0.5, 0.6) is 0 Å². The number of amides is 2. The number of ether oxygens (including phenoxy) is 1. The van der Waals surface area contributed by atoms with Gasteiger partial charge in [-0.2, -0.15) is 0 Å². The second-order valence-corrected chi connectivity index (χ2v) is 9.51. The fourth-order valence-corrected chi connectivity index (χ4v) is 5.26. The summed E-state index contributed by atoms with van der Waals surface area (Å²) < 4.78 is 5.72. The number of piperazine rings is 1. The molecular weight excluding hydrogens is 446 g/mol. The molecule has 2 aliphatic heterocycles. The van der Waals surface area contributed by atoms with Gasteiger partial charge < -0.3 is 15.0 Å². The molecule has 2 aromatic rings. The zero-order valence-electron chi connectivity index (χ0n) is 18.0. The molecule has 0 aliphatic carbocycles. The Hall–Kier alpha value is -2.06. The van der Waals surface area contributed by atoms with Gasteiger partial charge in [0.05, 0.1) is 28.9 Å². The van der Waals surface area contributed by atoms with Crippen molar-refractivity contribution in [3.05, 3.63) is 59.1 Å². The van der Waals surface area contributed by atoms with E-state index in [1.807, 2.05) is 41.3 Å². The minimum absolute atomic E-state index is 0.0561. The van der Waals surface area contributed by atoms with Crippen molar-refractivity contribution in [2.45, 2.75) is 23.8 Å². The Labute approximate surface area is 198 Å². The van der Waals surface area contributed by atoms with Gasteiger partial charge in [-0.3, -0.25) is 14.5 Å². The predicted molar refractivity (Wildman–Crippen MR) is 129 cm³/mol. The Morgan fingerprint density at radius 3 is 2.56 bits per heavy atom. The van der Waals surface area contributed by atoms with Crippen LogP contribution in [0.25, 0.3) is 0 Å². The molecule has 170 valence electrons. The molecule has 1 N–H and O–H groups in total. The lowest BCUT2D eigenvalue weighted by atomic mass is 10.2. The molecule has 0 radical (unpaired) electrons. The molecule has 0 aromatic heterocycles. The van der Waals surface area contributed by atoms with Crippen LogP contribution in [0.2, 0.25) is 5.02 Å². The summed E-state index contributed by atoms with van der Waals surface area (Å²) in [7, 11) is 0. The van der Waals surface area contributed by atoms with Crippen LogP contribution in [-0.2, 0) is 9.53 Å².